The van der Waals surface area contributed by atoms with E-state index in [0.29, 0.717) is 37.8 Å². The van der Waals surface area contributed by atoms with E-state index in [1.807, 2.05) is 17.0 Å². The number of anilines is 1. The molecule has 152 valence electrons. The molecule has 5 heterocycles. The molecule has 0 radical (unpaired) electrons. The standard InChI is InChI=1S/C22H21N5O2S/c1-2-16-13-17-20(24-19(25-21(17)30-16)15-5-3-7-23-14-15)26-8-10-27(11-9-26)22(28)18-6-4-12-29-18/h3-7,12-14H,2,8-11H2,1H3. The van der Waals surface area contributed by atoms with Crippen molar-refractivity contribution in [3.05, 3.63) is 59.6 Å². The van der Waals surface area contributed by atoms with Gasteiger partial charge in [0.2, 0.25) is 0 Å². The van der Waals surface area contributed by atoms with Crippen molar-refractivity contribution >= 4 is 33.3 Å². The molecule has 0 saturated carbocycles. The summed E-state index contributed by atoms with van der Waals surface area (Å²) in [6.07, 6.45) is 6.04. The minimum absolute atomic E-state index is 0.0627. The number of hydrogen-bond acceptors (Lipinski definition) is 7. The Labute approximate surface area is 178 Å². The topological polar surface area (TPSA) is 75.4 Å². The summed E-state index contributed by atoms with van der Waals surface area (Å²) >= 11 is 1.71. The zero-order valence-electron chi connectivity index (χ0n) is 16.6. The monoisotopic (exact) mass is 419 g/mol. The minimum atomic E-state index is -0.0627. The number of rotatable bonds is 4. The lowest BCUT2D eigenvalue weighted by atomic mass is 10.2. The van der Waals surface area contributed by atoms with Crippen LogP contribution in [0.1, 0.15) is 22.4 Å². The van der Waals surface area contributed by atoms with Crippen LogP contribution in [0.2, 0.25) is 0 Å². The predicted molar refractivity (Wildman–Crippen MR) is 117 cm³/mol. The number of amides is 1. The van der Waals surface area contributed by atoms with Crippen LogP contribution in [0.4, 0.5) is 5.82 Å². The summed E-state index contributed by atoms with van der Waals surface area (Å²) in [4.78, 5) is 32.9. The molecular formula is C22H21N5O2S. The number of thiophene rings is 1. The first-order chi connectivity index (χ1) is 14.7. The molecule has 0 unspecified atom stereocenters. The molecule has 5 rings (SSSR count). The van der Waals surface area contributed by atoms with Crippen molar-refractivity contribution in [3.8, 4) is 11.4 Å². The van der Waals surface area contributed by atoms with Crippen LogP contribution in [0, 0.1) is 0 Å². The molecule has 1 aliphatic rings. The Balaban J connectivity index is 1.46. The van der Waals surface area contributed by atoms with E-state index in [2.05, 4.69) is 22.9 Å². The molecule has 4 aromatic heterocycles. The summed E-state index contributed by atoms with van der Waals surface area (Å²) in [5.41, 5.74) is 0.902. The highest BCUT2D eigenvalue weighted by Gasteiger charge is 2.26. The molecule has 0 spiro atoms. The molecule has 1 fully saturated rings. The van der Waals surface area contributed by atoms with E-state index in [1.54, 1.807) is 35.9 Å². The van der Waals surface area contributed by atoms with Crippen molar-refractivity contribution in [1.82, 2.24) is 19.9 Å². The van der Waals surface area contributed by atoms with Gasteiger partial charge in [0.1, 0.15) is 10.6 Å². The highest BCUT2D eigenvalue weighted by atomic mass is 32.1. The van der Waals surface area contributed by atoms with Gasteiger partial charge in [0.05, 0.1) is 11.6 Å². The number of carbonyl (C=O) groups is 1. The minimum Gasteiger partial charge on any atom is -0.459 e. The summed E-state index contributed by atoms with van der Waals surface area (Å²) in [5.74, 6) is 1.94. The Hall–Kier alpha value is -3.26. The molecule has 8 heteroatoms. The first-order valence-electron chi connectivity index (χ1n) is 10.0. The van der Waals surface area contributed by atoms with Crippen LogP contribution in [0.3, 0.4) is 0 Å². The van der Waals surface area contributed by atoms with Crippen molar-refractivity contribution in [1.29, 1.82) is 0 Å². The number of nitrogens with zero attached hydrogens (tertiary/aromatic N) is 5. The zero-order chi connectivity index (χ0) is 20.5. The second-order valence-corrected chi connectivity index (χ2v) is 8.27. The van der Waals surface area contributed by atoms with Crippen LogP contribution < -0.4 is 4.90 Å². The summed E-state index contributed by atoms with van der Waals surface area (Å²) in [6.45, 7) is 4.82. The Bertz CT molecular complexity index is 1170. The number of hydrogen-bond donors (Lipinski definition) is 0. The third kappa shape index (κ3) is 3.43. The van der Waals surface area contributed by atoms with E-state index in [1.165, 1.54) is 11.1 Å². The second-order valence-electron chi connectivity index (χ2n) is 7.15. The molecule has 0 N–H and O–H groups in total. The second kappa shape index (κ2) is 7.87. The summed E-state index contributed by atoms with van der Waals surface area (Å²) in [7, 11) is 0. The molecule has 1 amide bonds. The van der Waals surface area contributed by atoms with Crippen molar-refractivity contribution in [2.75, 3.05) is 31.1 Å². The van der Waals surface area contributed by atoms with Gasteiger partial charge in [-0.2, -0.15) is 0 Å². The van der Waals surface area contributed by atoms with Crippen molar-refractivity contribution in [2.24, 2.45) is 0 Å². The maximum absolute atomic E-state index is 12.6. The molecule has 0 bridgehead atoms. The number of aromatic nitrogens is 3. The van der Waals surface area contributed by atoms with Crippen LogP contribution in [0.15, 0.2) is 53.4 Å². The first kappa shape index (κ1) is 18.7. The molecule has 1 saturated heterocycles. The number of pyridine rings is 1. The summed E-state index contributed by atoms with van der Waals surface area (Å²) < 4.78 is 5.27. The molecule has 7 nitrogen and oxygen atoms in total. The highest BCUT2D eigenvalue weighted by Crippen LogP contribution is 2.34. The molecule has 0 atom stereocenters. The number of furan rings is 1. The highest BCUT2D eigenvalue weighted by molar-refractivity contribution is 7.18. The van der Waals surface area contributed by atoms with Gasteiger partial charge < -0.3 is 14.2 Å². The fraction of sp³-hybridized carbons (Fsp3) is 0.273. The van der Waals surface area contributed by atoms with Gasteiger partial charge in [0, 0.05) is 49.0 Å². The summed E-state index contributed by atoms with van der Waals surface area (Å²) in [5, 5.41) is 1.08. The van der Waals surface area contributed by atoms with E-state index >= 15 is 0 Å². The molecule has 4 aromatic rings. The molecule has 0 aromatic carbocycles. The molecule has 0 aliphatic carbocycles. The molecule has 1 aliphatic heterocycles. The van der Waals surface area contributed by atoms with Gasteiger partial charge in [-0.3, -0.25) is 9.78 Å². The van der Waals surface area contributed by atoms with Gasteiger partial charge in [0.25, 0.3) is 5.91 Å². The van der Waals surface area contributed by atoms with Crippen molar-refractivity contribution < 1.29 is 9.21 Å². The van der Waals surface area contributed by atoms with E-state index in [-0.39, 0.29) is 5.91 Å². The number of piperazine rings is 1. The van der Waals surface area contributed by atoms with E-state index in [4.69, 9.17) is 14.4 Å². The van der Waals surface area contributed by atoms with Crippen molar-refractivity contribution in [2.45, 2.75) is 13.3 Å². The van der Waals surface area contributed by atoms with Crippen LogP contribution in [0.25, 0.3) is 21.6 Å². The predicted octanol–water partition coefficient (Wildman–Crippen LogP) is 3.87. The zero-order valence-corrected chi connectivity index (χ0v) is 17.4. The Morgan fingerprint density at radius 2 is 2.03 bits per heavy atom. The number of fused-ring (bicyclic) bond motifs is 1. The lowest BCUT2D eigenvalue weighted by Crippen LogP contribution is -2.49. The number of carbonyl (C=O) groups excluding carboxylic acids is 1. The third-order valence-corrected chi connectivity index (χ3v) is 6.46. The van der Waals surface area contributed by atoms with Crippen LogP contribution >= 0.6 is 11.3 Å². The SMILES string of the molecule is CCc1cc2c(N3CCN(C(=O)c4ccco4)CC3)nc(-c3cccnc3)nc2s1. The van der Waals surface area contributed by atoms with Crippen LogP contribution in [-0.4, -0.2) is 51.9 Å². The molecular weight excluding hydrogens is 398 g/mol. The van der Waals surface area contributed by atoms with Gasteiger partial charge in [-0.15, -0.1) is 11.3 Å². The van der Waals surface area contributed by atoms with Gasteiger partial charge in [-0.1, -0.05) is 6.92 Å². The maximum Gasteiger partial charge on any atom is 0.289 e. The van der Waals surface area contributed by atoms with E-state index in [9.17, 15) is 4.79 Å². The molecule has 30 heavy (non-hydrogen) atoms. The average Bonchev–Trinajstić information content (AvgIpc) is 3.48. The Morgan fingerprint density at radius 1 is 1.17 bits per heavy atom. The van der Waals surface area contributed by atoms with Gasteiger partial charge in [-0.05, 0) is 36.8 Å². The first-order valence-corrected chi connectivity index (χ1v) is 10.8. The lowest BCUT2D eigenvalue weighted by molar-refractivity contribution is 0.0714. The Morgan fingerprint density at radius 3 is 2.73 bits per heavy atom. The van der Waals surface area contributed by atoms with E-state index < -0.39 is 0 Å². The summed E-state index contributed by atoms with van der Waals surface area (Å²) in [6, 6.07) is 9.52. The van der Waals surface area contributed by atoms with Gasteiger partial charge in [-0.25, -0.2) is 9.97 Å². The smallest absolute Gasteiger partial charge is 0.289 e. The fourth-order valence-corrected chi connectivity index (χ4v) is 4.63. The van der Waals surface area contributed by atoms with E-state index in [0.717, 1.165) is 28.0 Å². The van der Waals surface area contributed by atoms with Crippen molar-refractivity contribution in [3.63, 3.8) is 0 Å². The normalized spacial score (nSPS) is 14.4. The van der Waals surface area contributed by atoms with Gasteiger partial charge >= 0.3 is 0 Å². The average molecular weight is 420 g/mol. The van der Waals surface area contributed by atoms with Crippen LogP contribution in [0.5, 0.6) is 0 Å². The lowest BCUT2D eigenvalue weighted by Gasteiger charge is -2.35. The Kier molecular flexibility index (Phi) is 4.92. The largest absolute Gasteiger partial charge is 0.459 e. The van der Waals surface area contributed by atoms with Gasteiger partial charge in [0.15, 0.2) is 11.6 Å². The number of aryl methyl sites for hydroxylation is 1. The maximum atomic E-state index is 12.6. The third-order valence-electron chi connectivity index (χ3n) is 5.29. The fourth-order valence-electron chi connectivity index (χ4n) is 3.67. The van der Waals surface area contributed by atoms with Crippen LogP contribution in [-0.2, 0) is 6.42 Å². The quantitative estimate of drug-likeness (QED) is 0.500.